The highest BCUT2D eigenvalue weighted by molar-refractivity contribution is 5.81. The highest BCUT2D eigenvalue weighted by atomic mass is 16.1. The minimum Gasteiger partial charge on any atom is -0.381 e. The van der Waals surface area contributed by atoms with E-state index in [-0.39, 0.29) is 5.56 Å². The van der Waals surface area contributed by atoms with Gasteiger partial charge in [-0.3, -0.25) is 14.3 Å². The molecular formula is C33H24N4O. The Kier molecular flexibility index (Phi) is 6.13. The first-order chi connectivity index (χ1) is 18.7. The number of rotatable bonds is 3. The summed E-state index contributed by atoms with van der Waals surface area (Å²) in [6.07, 6.45) is 11.6. The minimum atomic E-state index is -0.106. The number of aromatic nitrogens is 3. The van der Waals surface area contributed by atoms with Crippen LogP contribution in [0.2, 0.25) is 0 Å². The zero-order chi connectivity index (χ0) is 25.9. The first-order valence-corrected chi connectivity index (χ1v) is 12.4. The second kappa shape index (κ2) is 10.0. The second-order valence-corrected chi connectivity index (χ2v) is 9.08. The number of anilines is 1. The van der Waals surface area contributed by atoms with Crippen molar-refractivity contribution in [1.82, 2.24) is 14.5 Å². The van der Waals surface area contributed by atoms with Crippen LogP contribution in [0.4, 0.5) is 5.69 Å². The molecule has 0 radical (unpaired) electrons. The maximum atomic E-state index is 13.7. The lowest BCUT2D eigenvalue weighted by Crippen LogP contribution is -2.23. The Labute approximate surface area is 220 Å². The molecule has 38 heavy (non-hydrogen) atoms. The van der Waals surface area contributed by atoms with Gasteiger partial charge in [0.2, 0.25) is 0 Å². The van der Waals surface area contributed by atoms with E-state index in [0.717, 1.165) is 45.7 Å². The van der Waals surface area contributed by atoms with Crippen LogP contribution in [0.3, 0.4) is 0 Å². The molecule has 0 fully saturated rings. The van der Waals surface area contributed by atoms with Gasteiger partial charge < -0.3 is 5.32 Å². The molecular weight excluding hydrogens is 468 g/mol. The lowest BCUT2D eigenvalue weighted by atomic mass is 10.1. The number of nitrogens with one attached hydrogen (secondary N) is 1. The van der Waals surface area contributed by atoms with Gasteiger partial charge in [0.25, 0.3) is 5.56 Å². The summed E-state index contributed by atoms with van der Waals surface area (Å²) in [7, 11) is 0. The Balaban J connectivity index is 1.44. The summed E-state index contributed by atoms with van der Waals surface area (Å²) in [5, 5.41) is 3.95. The number of nitrogens with zero attached hydrogens (tertiary/aromatic N) is 3. The lowest BCUT2D eigenvalue weighted by molar-refractivity contribution is 0.934. The molecule has 0 unspecified atom stereocenters. The summed E-state index contributed by atoms with van der Waals surface area (Å²) in [5.41, 5.74) is 7.28. The van der Waals surface area contributed by atoms with Gasteiger partial charge in [0.1, 0.15) is 5.82 Å². The summed E-state index contributed by atoms with van der Waals surface area (Å²) in [6, 6.07) is 23.4. The molecule has 0 spiro atoms. The van der Waals surface area contributed by atoms with E-state index in [4.69, 9.17) is 4.98 Å². The molecule has 5 aromatic rings. The SMILES string of the molecule is Cc1cc(C#Cc2cccnc2)ccc1-n1c(/C=C/c2ccc3c(c2)C=CCN3)nc2ccccc2c1=O. The van der Waals surface area contributed by atoms with Crippen LogP contribution in [-0.4, -0.2) is 21.1 Å². The van der Waals surface area contributed by atoms with Crippen LogP contribution in [0.5, 0.6) is 0 Å². The van der Waals surface area contributed by atoms with Crippen molar-refractivity contribution in [3.63, 3.8) is 0 Å². The minimum absolute atomic E-state index is 0.106. The lowest BCUT2D eigenvalue weighted by Gasteiger charge is -2.15. The van der Waals surface area contributed by atoms with Crippen molar-refractivity contribution < 1.29 is 0 Å². The van der Waals surface area contributed by atoms with Crippen LogP contribution in [0, 0.1) is 18.8 Å². The maximum absolute atomic E-state index is 13.7. The molecule has 2 aromatic heterocycles. The Morgan fingerprint density at radius 3 is 2.71 bits per heavy atom. The van der Waals surface area contributed by atoms with Gasteiger partial charge in [0, 0.05) is 35.8 Å². The van der Waals surface area contributed by atoms with Crippen LogP contribution in [0.25, 0.3) is 34.8 Å². The van der Waals surface area contributed by atoms with Crippen LogP contribution < -0.4 is 10.9 Å². The predicted octanol–water partition coefficient (Wildman–Crippen LogP) is 6.10. The molecule has 0 saturated carbocycles. The molecule has 3 aromatic carbocycles. The fourth-order valence-corrected chi connectivity index (χ4v) is 4.57. The first-order valence-electron chi connectivity index (χ1n) is 12.4. The van der Waals surface area contributed by atoms with E-state index < -0.39 is 0 Å². The Morgan fingerprint density at radius 1 is 0.947 bits per heavy atom. The van der Waals surface area contributed by atoms with E-state index in [9.17, 15) is 4.79 Å². The van der Waals surface area contributed by atoms with Gasteiger partial charge in [-0.1, -0.05) is 48.3 Å². The predicted molar refractivity (Wildman–Crippen MR) is 155 cm³/mol. The average molecular weight is 493 g/mol. The molecule has 6 rings (SSSR count). The smallest absolute Gasteiger partial charge is 0.266 e. The number of fused-ring (bicyclic) bond motifs is 2. The van der Waals surface area contributed by atoms with Crippen molar-refractivity contribution in [2.45, 2.75) is 6.92 Å². The average Bonchev–Trinajstić information content (AvgIpc) is 2.96. The van der Waals surface area contributed by atoms with Crippen molar-refractivity contribution in [1.29, 1.82) is 0 Å². The monoisotopic (exact) mass is 492 g/mol. The van der Waals surface area contributed by atoms with Crippen molar-refractivity contribution in [3.05, 3.63) is 135 Å². The third-order valence-corrected chi connectivity index (χ3v) is 6.46. The molecule has 1 aliphatic heterocycles. The third-order valence-electron chi connectivity index (χ3n) is 6.46. The number of hydrogen-bond acceptors (Lipinski definition) is 4. The number of pyridine rings is 1. The summed E-state index contributed by atoms with van der Waals surface area (Å²) < 4.78 is 1.69. The number of hydrogen-bond donors (Lipinski definition) is 1. The summed E-state index contributed by atoms with van der Waals surface area (Å²) in [4.78, 5) is 22.7. The molecule has 182 valence electrons. The van der Waals surface area contributed by atoms with E-state index in [1.54, 1.807) is 17.0 Å². The molecule has 0 atom stereocenters. The van der Waals surface area contributed by atoms with Gasteiger partial charge >= 0.3 is 0 Å². The van der Waals surface area contributed by atoms with Crippen LogP contribution in [-0.2, 0) is 0 Å². The van der Waals surface area contributed by atoms with E-state index >= 15 is 0 Å². The fourth-order valence-electron chi connectivity index (χ4n) is 4.57. The third kappa shape index (κ3) is 4.63. The zero-order valence-corrected chi connectivity index (χ0v) is 20.8. The number of para-hydroxylation sites is 1. The van der Waals surface area contributed by atoms with Crippen molar-refractivity contribution in [2.75, 3.05) is 11.9 Å². The normalized spacial score (nSPS) is 12.1. The molecule has 0 amide bonds. The molecule has 1 aliphatic rings. The Morgan fingerprint density at radius 2 is 1.84 bits per heavy atom. The summed E-state index contributed by atoms with van der Waals surface area (Å²) >= 11 is 0. The van der Waals surface area contributed by atoms with Gasteiger partial charge in [0.05, 0.1) is 16.6 Å². The van der Waals surface area contributed by atoms with Gasteiger partial charge in [-0.15, -0.1) is 0 Å². The molecule has 5 nitrogen and oxygen atoms in total. The highest BCUT2D eigenvalue weighted by Crippen LogP contribution is 2.24. The Bertz CT molecular complexity index is 1850. The van der Waals surface area contributed by atoms with Crippen LogP contribution in [0.15, 0.2) is 96.1 Å². The standard InChI is InChI=1S/C33H24N4O/c1-23-20-24(10-11-26-6-4-18-34-22-26)13-16-31(23)37-32(36-30-9-3-2-8-28(30)33(37)38)17-14-25-12-15-29-27(21-25)7-5-19-35-29/h2-9,12-18,20-22,35H,19H2,1H3/b17-14+. The van der Waals surface area contributed by atoms with E-state index in [1.165, 1.54) is 0 Å². The maximum Gasteiger partial charge on any atom is 0.266 e. The van der Waals surface area contributed by atoms with Crippen molar-refractivity contribution in [2.24, 2.45) is 0 Å². The molecule has 5 heteroatoms. The van der Waals surface area contributed by atoms with Crippen LogP contribution >= 0.6 is 0 Å². The fraction of sp³-hybridized carbons (Fsp3) is 0.0606. The van der Waals surface area contributed by atoms with Gasteiger partial charge in [0.15, 0.2) is 0 Å². The quantitative estimate of drug-likeness (QED) is 0.309. The van der Waals surface area contributed by atoms with Gasteiger partial charge in [-0.05, 0) is 84.3 Å². The van der Waals surface area contributed by atoms with Gasteiger partial charge in [-0.25, -0.2) is 4.98 Å². The van der Waals surface area contributed by atoms with Crippen molar-refractivity contribution >= 4 is 34.8 Å². The largest absolute Gasteiger partial charge is 0.381 e. The molecule has 0 aliphatic carbocycles. The van der Waals surface area contributed by atoms with Crippen LogP contribution in [0.1, 0.15) is 33.6 Å². The molecule has 3 heterocycles. The zero-order valence-electron chi connectivity index (χ0n) is 20.8. The number of aryl methyl sites for hydroxylation is 1. The topological polar surface area (TPSA) is 59.8 Å². The number of benzene rings is 3. The second-order valence-electron chi connectivity index (χ2n) is 9.08. The molecule has 0 saturated heterocycles. The molecule has 1 N–H and O–H groups in total. The van der Waals surface area contributed by atoms with E-state index in [0.29, 0.717) is 16.7 Å². The Hall–Kier alpha value is -5.21. The summed E-state index contributed by atoms with van der Waals surface area (Å²) in [5.74, 6) is 6.90. The first kappa shape index (κ1) is 23.2. The van der Waals surface area contributed by atoms with Crippen molar-refractivity contribution in [3.8, 4) is 17.5 Å². The van der Waals surface area contributed by atoms with Gasteiger partial charge in [-0.2, -0.15) is 0 Å². The summed E-state index contributed by atoms with van der Waals surface area (Å²) in [6.45, 7) is 2.82. The molecule has 0 bridgehead atoms. The van der Waals surface area contributed by atoms with E-state index in [1.807, 2.05) is 73.7 Å². The highest BCUT2D eigenvalue weighted by Gasteiger charge is 2.13. The van der Waals surface area contributed by atoms with E-state index in [2.05, 4.69) is 52.5 Å².